The molecule has 1 amide bonds. The summed E-state index contributed by atoms with van der Waals surface area (Å²) in [6, 6.07) is 8.22. The van der Waals surface area contributed by atoms with Crippen LogP contribution >= 0.6 is 11.3 Å². The van der Waals surface area contributed by atoms with Crippen molar-refractivity contribution < 1.29 is 4.79 Å². The average Bonchev–Trinajstić information content (AvgIpc) is 3.03. The van der Waals surface area contributed by atoms with Gasteiger partial charge >= 0.3 is 0 Å². The molecule has 0 N–H and O–H groups in total. The van der Waals surface area contributed by atoms with Crippen LogP contribution in [0.5, 0.6) is 0 Å². The summed E-state index contributed by atoms with van der Waals surface area (Å²) in [5.74, 6) is 0.212. The number of likely N-dealkylation sites (tertiary alicyclic amines) is 1. The molecule has 1 saturated heterocycles. The number of likely N-dealkylation sites (N-methyl/N-ethyl adjacent to an activating group) is 1. The van der Waals surface area contributed by atoms with Gasteiger partial charge in [0.05, 0.1) is 22.8 Å². The summed E-state index contributed by atoms with van der Waals surface area (Å²) >= 11 is 1.73. The van der Waals surface area contributed by atoms with Crippen LogP contribution in [-0.2, 0) is 11.3 Å². The van der Waals surface area contributed by atoms with Crippen molar-refractivity contribution in [3.63, 3.8) is 0 Å². The van der Waals surface area contributed by atoms with Crippen molar-refractivity contribution in [3.05, 3.63) is 29.3 Å². The van der Waals surface area contributed by atoms with Gasteiger partial charge in [-0.3, -0.25) is 9.69 Å². The number of benzene rings is 1. The van der Waals surface area contributed by atoms with E-state index in [1.54, 1.807) is 16.2 Å². The van der Waals surface area contributed by atoms with Crippen molar-refractivity contribution in [1.82, 2.24) is 14.8 Å². The standard InChI is InChI=1S/C15H19N3OS/c1-17(2)15(19)12-7-5-9-18(12)10-14-16-11-6-3-4-8-13(11)20-14/h3-4,6,8,12H,5,7,9-10H2,1-2H3. The Morgan fingerprint density at radius 3 is 3.00 bits per heavy atom. The summed E-state index contributed by atoms with van der Waals surface area (Å²) in [5.41, 5.74) is 1.06. The molecule has 1 aliphatic heterocycles. The molecule has 2 heterocycles. The average molecular weight is 289 g/mol. The molecule has 0 saturated carbocycles. The van der Waals surface area contributed by atoms with Gasteiger partial charge in [0.25, 0.3) is 0 Å². The second kappa shape index (κ2) is 5.50. The zero-order chi connectivity index (χ0) is 14.1. The van der Waals surface area contributed by atoms with Crippen LogP contribution < -0.4 is 0 Å². The van der Waals surface area contributed by atoms with E-state index in [1.807, 2.05) is 32.3 Å². The molecule has 1 aromatic heterocycles. The fourth-order valence-corrected chi connectivity index (χ4v) is 3.75. The lowest BCUT2D eigenvalue weighted by molar-refractivity contribution is -0.133. The minimum Gasteiger partial charge on any atom is -0.347 e. The first-order valence-corrected chi connectivity index (χ1v) is 7.76. The number of hydrogen-bond acceptors (Lipinski definition) is 4. The highest BCUT2D eigenvalue weighted by Gasteiger charge is 2.32. The van der Waals surface area contributed by atoms with E-state index in [4.69, 9.17) is 0 Å². The fraction of sp³-hybridized carbons (Fsp3) is 0.467. The van der Waals surface area contributed by atoms with E-state index in [2.05, 4.69) is 16.0 Å². The molecule has 0 radical (unpaired) electrons. The van der Waals surface area contributed by atoms with Crippen LogP contribution in [0, 0.1) is 0 Å². The first kappa shape index (κ1) is 13.5. The van der Waals surface area contributed by atoms with Gasteiger partial charge in [0, 0.05) is 14.1 Å². The van der Waals surface area contributed by atoms with Gasteiger partial charge in [-0.25, -0.2) is 4.98 Å². The molecule has 1 aromatic carbocycles. The smallest absolute Gasteiger partial charge is 0.239 e. The molecule has 0 bridgehead atoms. The lowest BCUT2D eigenvalue weighted by atomic mass is 10.2. The Morgan fingerprint density at radius 1 is 1.45 bits per heavy atom. The molecule has 20 heavy (non-hydrogen) atoms. The van der Waals surface area contributed by atoms with Crippen LogP contribution in [0.3, 0.4) is 0 Å². The molecule has 1 fully saturated rings. The molecule has 2 aromatic rings. The van der Waals surface area contributed by atoms with Crippen molar-refractivity contribution in [2.75, 3.05) is 20.6 Å². The van der Waals surface area contributed by atoms with Crippen LogP contribution in [0.2, 0.25) is 0 Å². The molecule has 1 aliphatic rings. The van der Waals surface area contributed by atoms with E-state index >= 15 is 0 Å². The Hall–Kier alpha value is -1.46. The van der Waals surface area contributed by atoms with Gasteiger partial charge in [0.1, 0.15) is 5.01 Å². The molecular formula is C15H19N3OS. The Balaban J connectivity index is 1.77. The number of hydrogen-bond donors (Lipinski definition) is 0. The van der Waals surface area contributed by atoms with Gasteiger partial charge in [0.2, 0.25) is 5.91 Å². The highest BCUT2D eigenvalue weighted by molar-refractivity contribution is 7.18. The van der Waals surface area contributed by atoms with Gasteiger partial charge in [-0.1, -0.05) is 12.1 Å². The normalized spacial score (nSPS) is 19.6. The Kier molecular flexibility index (Phi) is 3.72. The van der Waals surface area contributed by atoms with Gasteiger partial charge in [-0.2, -0.15) is 0 Å². The largest absolute Gasteiger partial charge is 0.347 e. The van der Waals surface area contributed by atoms with Gasteiger partial charge in [-0.15, -0.1) is 11.3 Å². The predicted molar refractivity (Wildman–Crippen MR) is 81.7 cm³/mol. The Labute approximate surface area is 123 Å². The molecular weight excluding hydrogens is 270 g/mol. The zero-order valence-electron chi connectivity index (χ0n) is 11.9. The fourth-order valence-electron chi connectivity index (χ4n) is 2.75. The highest BCUT2D eigenvalue weighted by atomic mass is 32.1. The quantitative estimate of drug-likeness (QED) is 0.870. The van der Waals surface area contributed by atoms with E-state index in [9.17, 15) is 4.79 Å². The van der Waals surface area contributed by atoms with Gasteiger partial charge in [-0.05, 0) is 31.5 Å². The SMILES string of the molecule is CN(C)C(=O)C1CCCN1Cc1nc2ccccc2s1. The number of para-hydroxylation sites is 1. The third-order valence-corrected chi connectivity index (χ3v) is 4.79. The van der Waals surface area contributed by atoms with E-state index in [0.717, 1.165) is 36.5 Å². The Bertz CT molecular complexity index is 589. The Morgan fingerprint density at radius 2 is 2.25 bits per heavy atom. The molecule has 106 valence electrons. The second-order valence-corrected chi connectivity index (χ2v) is 6.55. The second-order valence-electron chi connectivity index (χ2n) is 5.44. The monoisotopic (exact) mass is 289 g/mol. The molecule has 0 spiro atoms. The minimum atomic E-state index is 0.0250. The summed E-state index contributed by atoms with van der Waals surface area (Å²) in [6.45, 7) is 1.77. The van der Waals surface area contributed by atoms with Crippen molar-refractivity contribution in [3.8, 4) is 0 Å². The highest BCUT2D eigenvalue weighted by Crippen LogP contribution is 2.26. The molecule has 0 aliphatic carbocycles. The van der Waals surface area contributed by atoms with Crippen molar-refractivity contribution in [2.45, 2.75) is 25.4 Å². The number of thiazole rings is 1. The van der Waals surface area contributed by atoms with Crippen molar-refractivity contribution in [2.24, 2.45) is 0 Å². The van der Waals surface area contributed by atoms with Crippen LogP contribution in [0.15, 0.2) is 24.3 Å². The van der Waals surface area contributed by atoms with Crippen LogP contribution in [0.1, 0.15) is 17.8 Å². The number of fused-ring (bicyclic) bond motifs is 1. The molecule has 3 rings (SSSR count). The van der Waals surface area contributed by atoms with E-state index in [-0.39, 0.29) is 11.9 Å². The number of rotatable bonds is 3. The van der Waals surface area contributed by atoms with Crippen molar-refractivity contribution in [1.29, 1.82) is 0 Å². The van der Waals surface area contributed by atoms with Gasteiger partial charge < -0.3 is 4.90 Å². The van der Waals surface area contributed by atoms with Crippen LogP contribution in [0.4, 0.5) is 0 Å². The van der Waals surface area contributed by atoms with Gasteiger partial charge in [0.15, 0.2) is 0 Å². The minimum absolute atomic E-state index is 0.0250. The molecule has 5 heteroatoms. The summed E-state index contributed by atoms with van der Waals surface area (Å²) < 4.78 is 1.22. The summed E-state index contributed by atoms with van der Waals surface area (Å²) in [7, 11) is 3.66. The maximum absolute atomic E-state index is 12.2. The van der Waals surface area contributed by atoms with Crippen LogP contribution in [0.25, 0.3) is 10.2 Å². The number of carbonyl (C=O) groups is 1. The maximum Gasteiger partial charge on any atom is 0.239 e. The van der Waals surface area contributed by atoms with E-state index in [1.165, 1.54) is 4.70 Å². The number of carbonyl (C=O) groups excluding carboxylic acids is 1. The third-order valence-electron chi connectivity index (χ3n) is 3.77. The first-order valence-electron chi connectivity index (χ1n) is 6.95. The van der Waals surface area contributed by atoms with Crippen molar-refractivity contribution >= 4 is 27.5 Å². The van der Waals surface area contributed by atoms with Crippen LogP contribution in [-0.4, -0.2) is 47.4 Å². The number of amides is 1. The molecule has 1 atom stereocenters. The maximum atomic E-state index is 12.2. The predicted octanol–water partition coefficient (Wildman–Crippen LogP) is 2.35. The zero-order valence-corrected chi connectivity index (χ0v) is 12.7. The summed E-state index contributed by atoms with van der Waals surface area (Å²) in [5, 5.41) is 1.10. The summed E-state index contributed by atoms with van der Waals surface area (Å²) in [4.78, 5) is 20.8. The van der Waals surface area contributed by atoms with E-state index < -0.39 is 0 Å². The molecule has 1 unspecified atom stereocenters. The first-order chi connectivity index (χ1) is 9.65. The lowest BCUT2D eigenvalue weighted by Gasteiger charge is -2.25. The number of aromatic nitrogens is 1. The number of nitrogens with zero attached hydrogens (tertiary/aromatic N) is 3. The molecule has 4 nitrogen and oxygen atoms in total. The van der Waals surface area contributed by atoms with E-state index in [0.29, 0.717) is 0 Å². The topological polar surface area (TPSA) is 36.4 Å². The third kappa shape index (κ3) is 2.55. The lowest BCUT2D eigenvalue weighted by Crippen LogP contribution is -2.42. The summed E-state index contributed by atoms with van der Waals surface area (Å²) in [6.07, 6.45) is 2.05.